The van der Waals surface area contributed by atoms with Crippen LogP contribution in [-0.2, 0) is 11.3 Å². The predicted octanol–water partition coefficient (Wildman–Crippen LogP) is 3.94. The van der Waals surface area contributed by atoms with Crippen molar-refractivity contribution in [1.82, 2.24) is 5.32 Å². The molecule has 5 nitrogen and oxygen atoms in total. The summed E-state index contributed by atoms with van der Waals surface area (Å²) in [7, 11) is 3.26. The lowest BCUT2D eigenvalue weighted by molar-refractivity contribution is -0.127. The first kappa shape index (κ1) is 18.6. The van der Waals surface area contributed by atoms with Gasteiger partial charge in [-0.05, 0) is 59.7 Å². The summed E-state index contributed by atoms with van der Waals surface area (Å²) in [6.45, 7) is 2.17. The van der Waals surface area contributed by atoms with E-state index in [0.29, 0.717) is 12.3 Å². The Balaban J connectivity index is 1.60. The first-order chi connectivity index (χ1) is 13.1. The molecular formula is C22H23NO4. The van der Waals surface area contributed by atoms with Gasteiger partial charge in [0.2, 0.25) is 0 Å². The van der Waals surface area contributed by atoms with Crippen LogP contribution in [0.1, 0.15) is 12.5 Å². The van der Waals surface area contributed by atoms with E-state index in [0.717, 1.165) is 27.8 Å². The molecular weight excluding hydrogens is 342 g/mol. The third kappa shape index (κ3) is 4.70. The van der Waals surface area contributed by atoms with Crippen molar-refractivity contribution in [1.29, 1.82) is 0 Å². The summed E-state index contributed by atoms with van der Waals surface area (Å²) >= 11 is 0. The van der Waals surface area contributed by atoms with Gasteiger partial charge in [0.25, 0.3) is 5.91 Å². The Kier molecular flexibility index (Phi) is 5.81. The van der Waals surface area contributed by atoms with Crippen LogP contribution >= 0.6 is 0 Å². The number of ether oxygens (including phenoxy) is 3. The molecule has 0 heterocycles. The molecule has 140 valence electrons. The molecule has 0 unspecified atom stereocenters. The Labute approximate surface area is 158 Å². The Morgan fingerprint density at radius 2 is 1.44 bits per heavy atom. The number of methoxy groups -OCH3 is 2. The number of nitrogens with one attached hydrogen (secondary N) is 1. The van der Waals surface area contributed by atoms with Gasteiger partial charge in [0.05, 0.1) is 14.2 Å². The largest absolute Gasteiger partial charge is 0.497 e. The molecule has 0 aliphatic carbocycles. The van der Waals surface area contributed by atoms with Gasteiger partial charge in [0, 0.05) is 6.54 Å². The number of carbonyl (C=O) groups is 1. The van der Waals surface area contributed by atoms with Crippen LogP contribution in [0.5, 0.6) is 17.2 Å². The monoisotopic (exact) mass is 365 g/mol. The van der Waals surface area contributed by atoms with Crippen LogP contribution in [0.2, 0.25) is 0 Å². The zero-order chi connectivity index (χ0) is 19.2. The normalized spacial score (nSPS) is 11.7. The second kappa shape index (κ2) is 8.45. The van der Waals surface area contributed by atoms with Gasteiger partial charge >= 0.3 is 0 Å². The van der Waals surface area contributed by atoms with Crippen molar-refractivity contribution in [2.75, 3.05) is 14.2 Å². The zero-order valence-electron chi connectivity index (χ0n) is 15.7. The van der Waals surface area contributed by atoms with Gasteiger partial charge < -0.3 is 19.5 Å². The van der Waals surface area contributed by atoms with Crippen molar-refractivity contribution in [3.05, 3.63) is 66.2 Å². The summed E-state index contributed by atoms with van der Waals surface area (Å²) < 4.78 is 16.2. The Morgan fingerprint density at radius 3 is 2.11 bits per heavy atom. The lowest BCUT2D eigenvalue weighted by atomic mass is 10.1. The summed E-state index contributed by atoms with van der Waals surface area (Å²) in [4.78, 5) is 12.3. The Bertz CT molecular complexity index is 921. The van der Waals surface area contributed by atoms with E-state index in [4.69, 9.17) is 14.2 Å². The van der Waals surface area contributed by atoms with Gasteiger partial charge in [-0.1, -0.05) is 24.3 Å². The van der Waals surface area contributed by atoms with Crippen LogP contribution in [-0.4, -0.2) is 26.2 Å². The molecule has 3 rings (SSSR count). The molecule has 0 saturated heterocycles. The van der Waals surface area contributed by atoms with E-state index < -0.39 is 6.10 Å². The summed E-state index contributed by atoms with van der Waals surface area (Å²) in [5.41, 5.74) is 0.995. The minimum absolute atomic E-state index is 0.170. The standard InChI is InChI=1S/C22H23NO4/c1-15(22(24)23-14-16-4-8-19(25-2)9-5-16)27-21-11-7-17-6-10-20(26-3)12-18(17)13-21/h4-13,15H,14H2,1-3H3,(H,23,24)/t15-/m1/s1. The molecule has 0 aliphatic heterocycles. The van der Waals surface area contributed by atoms with Crippen molar-refractivity contribution in [3.63, 3.8) is 0 Å². The highest BCUT2D eigenvalue weighted by atomic mass is 16.5. The van der Waals surface area contributed by atoms with Crippen LogP contribution < -0.4 is 19.5 Å². The number of hydrogen-bond acceptors (Lipinski definition) is 4. The molecule has 27 heavy (non-hydrogen) atoms. The first-order valence-electron chi connectivity index (χ1n) is 8.74. The molecule has 1 atom stereocenters. The summed E-state index contributed by atoms with van der Waals surface area (Å²) in [5, 5.41) is 4.97. The highest BCUT2D eigenvalue weighted by Crippen LogP contribution is 2.25. The number of amides is 1. The van der Waals surface area contributed by atoms with E-state index in [1.165, 1.54) is 0 Å². The van der Waals surface area contributed by atoms with Crippen LogP contribution in [0.4, 0.5) is 0 Å². The molecule has 0 spiro atoms. The van der Waals surface area contributed by atoms with E-state index in [2.05, 4.69) is 5.32 Å². The van der Waals surface area contributed by atoms with Crippen molar-refractivity contribution >= 4 is 16.7 Å². The van der Waals surface area contributed by atoms with E-state index in [9.17, 15) is 4.79 Å². The summed E-state index contributed by atoms with van der Waals surface area (Å²) in [5.74, 6) is 2.04. The molecule has 5 heteroatoms. The molecule has 0 aromatic heterocycles. The fourth-order valence-corrected chi connectivity index (χ4v) is 2.74. The highest BCUT2D eigenvalue weighted by Gasteiger charge is 2.14. The average Bonchev–Trinajstić information content (AvgIpc) is 2.71. The molecule has 0 radical (unpaired) electrons. The summed E-state index contributed by atoms with van der Waals surface area (Å²) in [6.07, 6.45) is -0.605. The van der Waals surface area contributed by atoms with Gasteiger partial charge in [-0.15, -0.1) is 0 Å². The van der Waals surface area contributed by atoms with Crippen LogP contribution in [0.15, 0.2) is 60.7 Å². The van der Waals surface area contributed by atoms with Crippen LogP contribution in [0.25, 0.3) is 10.8 Å². The second-order valence-electron chi connectivity index (χ2n) is 6.20. The number of hydrogen-bond donors (Lipinski definition) is 1. The topological polar surface area (TPSA) is 56.8 Å². The number of carbonyl (C=O) groups excluding carboxylic acids is 1. The van der Waals surface area contributed by atoms with E-state index in [1.807, 2.05) is 60.7 Å². The highest BCUT2D eigenvalue weighted by molar-refractivity contribution is 5.85. The lowest BCUT2D eigenvalue weighted by Crippen LogP contribution is -2.35. The van der Waals surface area contributed by atoms with Crippen LogP contribution in [0.3, 0.4) is 0 Å². The number of rotatable bonds is 7. The van der Waals surface area contributed by atoms with Gasteiger partial charge in [-0.25, -0.2) is 0 Å². The second-order valence-corrected chi connectivity index (χ2v) is 6.20. The molecule has 0 bridgehead atoms. The van der Waals surface area contributed by atoms with Gasteiger partial charge in [-0.2, -0.15) is 0 Å². The van der Waals surface area contributed by atoms with Gasteiger partial charge in [-0.3, -0.25) is 4.79 Å². The predicted molar refractivity (Wildman–Crippen MR) is 105 cm³/mol. The van der Waals surface area contributed by atoms with Crippen LogP contribution in [0, 0.1) is 0 Å². The van der Waals surface area contributed by atoms with E-state index >= 15 is 0 Å². The summed E-state index contributed by atoms with van der Waals surface area (Å²) in [6, 6.07) is 19.1. The fourth-order valence-electron chi connectivity index (χ4n) is 2.74. The first-order valence-corrected chi connectivity index (χ1v) is 8.74. The lowest BCUT2D eigenvalue weighted by Gasteiger charge is -2.15. The SMILES string of the molecule is COc1ccc(CNC(=O)[C@@H](C)Oc2ccc3ccc(OC)cc3c2)cc1. The molecule has 3 aromatic rings. The maximum Gasteiger partial charge on any atom is 0.261 e. The number of fused-ring (bicyclic) bond motifs is 1. The minimum Gasteiger partial charge on any atom is -0.497 e. The maximum atomic E-state index is 12.3. The van der Waals surface area contributed by atoms with Gasteiger partial charge in [0.15, 0.2) is 6.10 Å². The molecule has 3 aromatic carbocycles. The molecule has 1 N–H and O–H groups in total. The fraction of sp³-hybridized carbons (Fsp3) is 0.227. The minimum atomic E-state index is -0.605. The zero-order valence-corrected chi connectivity index (χ0v) is 15.7. The quantitative estimate of drug-likeness (QED) is 0.689. The van der Waals surface area contributed by atoms with Crippen molar-refractivity contribution in [2.45, 2.75) is 19.6 Å². The Hall–Kier alpha value is -3.21. The molecule has 0 saturated carbocycles. The van der Waals surface area contributed by atoms with E-state index in [-0.39, 0.29) is 5.91 Å². The van der Waals surface area contributed by atoms with Crippen molar-refractivity contribution in [3.8, 4) is 17.2 Å². The van der Waals surface area contributed by atoms with Gasteiger partial charge in [0.1, 0.15) is 17.2 Å². The Morgan fingerprint density at radius 1 is 0.852 bits per heavy atom. The van der Waals surface area contributed by atoms with Crippen molar-refractivity contribution in [2.24, 2.45) is 0 Å². The molecule has 1 amide bonds. The molecule has 0 aliphatic rings. The van der Waals surface area contributed by atoms with E-state index in [1.54, 1.807) is 21.1 Å². The maximum absolute atomic E-state index is 12.3. The average molecular weight is 365 g/mol. The third-order valence-electron chi connectivity index (χ3n) is 4.33. The smallest absolute Gasteiger partial charge is 0.261 e. The van der Waals surface area contributed by atoms with Crippen molar-refractivity contribution < 1.29 is 19.0 Å². The number of benzene rings is 3. The molecule has 0 fully saturated rings. The third-order valence-corrected chi connectivity index (χ3v) is 4.33.